The molecule has 0 aliphatic heterocycles. The average molecular weight is 383 g/mol. The number of carbonyl (C=O) groups is 1. The summed E-state index contributed by atoms with van der Waals surface area (Å²) < 4.78 is 7.81. The van der Waals surface area contributed by atoms with E-state index in [1.807, 2.05) is 24.3 Å². The van der Waals surface area contributed by atoms with Crippen molar-refractivity contribution in [1.82, 2.24) is 20.2 Å². The zero-order valence-electron chi connectivity index (χ0n) is 16.7. The van der Waals surface area contributed by atoms with Crippen molar-refractivity contribution >= 4 is 5.97 Å². The van der Waals surface area contributed by atoms with Crippen molar-refractivity contribution < 1.29 is 9.53 Å². The van der Waals surface area contributed by atoms with E-state index >= 15 is 0 Å². The summed E-state index contributed by atoms with van der Waals surface area (Å²) in [7, 11) is 1.80. The van der Waals surface area contributed by atoms with Gasteiger partial charge in [-0.25, -0.2) is 9.48 Å². The van der Waals surface area contributed by atoms with E-state index in [4.69, 9.17) is 4.74 Å². The molecule has 0 N–H and O–H groups in total. The Kier molecular flexibility index (Phi) is 6.03. The lowest BCUT2D eigenvalue weighted by atomic mass is 9.75. The van der Waals surface area contributed by atoms with Crippen LogP contribution in [0.1, 0.15) is 74.6 Å². The molecule has 2 aliphatic carbocycles. The number of carbonyl (C=O) groups excluding carboxylic acids is 1. The van der Waals surface area contributed by atoms with E-state index in [1.54, 1.807) is 11.7 Å². The molecule has 6 heteroatoms. The maximum atomic E-state index is 12.9. The molecule has 0 spiro atoms. The van der Waals surface area contributed by atoms with Gasteiger partial charge in [-0.2, -0.15) is 0 Å². The molecule has 2 saturated carbocycles. The monoisotopic (exact) mass is 382 g/mol. The van der Waals surface area contributed by atoms with Gasteiger partial charge < -0.3 is 4.74 Å². The molecule has 0 bridgehead atoms. The van der Waals surface area contributed by atoms with Crippen molar-refractivity contribution in [2.75, 3.05) is 0 Å². The largest absolute Gasteiger partial charge is 0.458 e. The molecule has 0 unspecified atom stereocenters. The Hall–Kier alpha value is -2.24. The lowest BCUT2D eigenvalue weighted by Gasteiger charge is -2.37. The lowest BCUT2D eigenvalue weighted by molar-refractivity contribution is -0.0232. The van der Waals surface area contributed by atoms with Gasteiger partial charge in [0.1, 0.15) is 6.10 Å². The summed E-state index contributed by atoms with van der Waals surface area (Å²) in [4.78, 5) is 12.9. The number of aromatic nitrogens is 4. The van der Waals surface area contributed by atoms with E-state index in [0.717, 1.165) is 5.56 Å². The number of aryl methyl sites for hydroxylation is 1. The van der Waals surface area contributed by atoms with E-state index in [2.05, 4.69) is 15.5 Å². The predicted molar refractivity (Wildman–Crippen MR) is 107 cm³/mol. The van der Waals surface area contributed by atoms with Gasteiger partial charge in [-0.15, -0.1) is 5.10 Å². The van der Waals surface area contributed by atoms with Crippen molar-refractivity contribution in [2.24, 2.45) is 18.9 Å². The number of benzene rings is 1. The SMILES string of the molecule is Cn1nnnc1-c1ccc(C(=O)OC(C2CCCCC2)C2CCCCC2)cc1. The van der Waals surface area contributed by atoms with Crippen molar-refractivity contribution in [3.8, 4) is 11.4 Å². The fourth-order valence-corrected chi connectivity index (χ4v) is 4.92. The maximum absolute atomic E-state index is 12.9. The van der Waals surface area contributed by atoms with Crippen LogP contribution in [0.4, 0.5) is 0 Å². The zero-order chi connectivity index (χ0) is 19.3. The third kappa shape index (κ3) is 4.26. The standard InChI is InChI=1S/C22H30N4O2/c1-26-21(23-24-25-26)18-12-14-19(15-13-18)22(27)28-20(16-8-4-2-5-9-16)17-10-6-3-7-11-17/h12-17,20H,2-11H2,1H3. The van der Waals surface area contributed by atoms with Gasteiger partial charge in [0.2, 0.25) is 0 Å². The van der Waals surface area contributed by atoms with Gasteiger partial charge in [-0.05, 0) is 60.1 Å². The van der Waals surface area contributed by atoms with Crippen LogP contribution in [-0.4, -0.2) is 32.3 Å². The van der Waals surface area contributed by atoms with Gasteiger partial charge in [-0.3, -0.25) is 0 Å². The van der Waals surface area contributed by atoms with Gasteiger partial charge in [0.25, 0.3) is 0 Å². The molecule has 0 atom stereocenters. The molecular formula is C22H30N4O2. The molecule has 2 aliphatic rings. The Balaban J connectivity index is 1.48. The van der Waals surface area contributed by atoms with Crippen molar-refractivity contribution in [3.63, 3.8) is 0 Å². The Morgan fingerprint density at radius 2 is 1.54 bits per heavy atom. The maximum Gasteiger partial charge on any atom is 0.338 e. The highest BCUT2D eigenvalue weighted by Gasteiger charge is 2.34. The van der Waals surface area contributed by atoms with Crippen molar-refractivity contribution in [2.45, 2.75) is 70.3 Å². The van der Waals surface area contributed by atoms with Crippen molar-refractivity contribution in [1.29, 1.82) is 0 Å². The van der Waals surface area contributed by atoms with Crippen LogP contribution in [-0.2, 0) is 11.8 Å². The molecule has 2 fully saturated rings. The second kappa shape index (κ2) is 8.84. The molecule has 0 saturated heterocycles. The van der Waals surface area contributed by atoms with Gasteiger partial charge in [0.05, 0.1) is 5.56 Å². The van der Waals surface area contributed by atoms with E-state index in [9.17, 15) is 4.79 Å². The number of nitrogens with zero attached hydrogens (tertiary/aromatic N) is 4. The van der Waals surface area contributed by atoms with Crippen LogP contribution in [0.25, 0.3) is 11.4 Å². The van der Waals surface area contributed by atoms with Crippen LogP contribution in [0.2, 0.25) is 0 Å². The number of rotatable bonds is 5. The molecule has 1 aromatic carbocycles. The third-order valence-corrected chi connectivity index (χ3v) is 6.47. The summed E-state index contributed by atoms with van der Waals surface area (Å²) in [6.07, 6.45) is 12.6. The topological polar surface area (TPSA) is 69.9 Å². The lowest BCUT2D eigenvalue weighted by Crippen LogP contribution is -2.36. The number of hydrogen-bond acceptors (Lipinski definition) is 5. The van der Waals surface area contributed by atoms with E-state index in [0.29, 0.717) is 23.2 Å². The first-order valence-electron chi connectivity index (χ1n) is 10.8. The first kappa shape index (κ1) is 19.1. The molecule has 6 nitrogen and oxygen atoms in total. The zero-order valence-corrected chi connectivity index (χ0v) is 16.7. The highest BCUT2D eigenvalue weighted by Crippen LogP contribution is 2.37. The minimum absolute atomic E-state index is 0.0794. The summed E-state index contributed by atoms with van der Waals surface area (Å²) >= 11 is 0. The molecule has 1 heterocycles. The second-order valence-corrected chi connectivity index (χ2v) is 8.37. The highest BCUT2D eigenvalue weighted by molar-refractivity contribution is 5.90. The number of esters is 1. The summed E-state index contributed by atoms with van der Waals surface area (Å²) in [5, 5.41) is 11.5. The number of tetrazole rings is 1. The van der Waals surface area contributed by atoms with Gasteiger partial charge in [0.15, 0.2) is 5.82 Å². The summed E-state index contributed by atoms with van der Waals surface area (Å²) in [6.45, 7) is 0. The Labute approximate surface area is 166 Å². The average Bonchev–Trinajstić information content (AvgIpc) is 3.19. The summed E-state index contributed by atoms with van der Waals surface area (Å²) in [6, 6.07) is 7.42. The van der Waals surface area contributed by atoms with Crippen LogP contribution in [0.3, 0.4) is 0 Å². The fourth-order valence-electron chi connectivity index (χ4n) is 4.92. The minimum Gasteiger partial charge on any atom is -0.458 e. The van der Waals surface area contributed by atoms with Crippen LogP contribution < -0.4 is 0 Å². The smallest absolute Gasteiger partial charge is 0.338 e. The van der Waals surface area contributed by atoms with Gasteiger partial charge >= 0.3 is 5.97 Å². The van der Waals surface area contributed by atoms with Crippen LogP contribution >= 0.6 is 0 Å². The van der Waals surface area contributed by atoms with Crippen LogP contribution in [0.5, 0.6) is 0 Å². The molecule has 4 rings (SSSR count). The van der Waals surface area contributed by atoms with Gasteiger partial charge in [0, 0.05) is 12.6 Å². The quantitative estimate of drug-likeness (QED) is 0.709. The van der Waals surface area contributed by atoms with E-state index < -0.39 is 0 Å². The van der Waals surface area contributed by atoms with E-state index in [1.165, 1.54) is 64.2 Å². The normalized spacial score (nSPS) is 19.1. The van der Waals surface area contributed by atoms with E-state index in [-0.39, 0.29) is 12.1 Å². The second-order valence-electron chi connectivity index (χ2n) is 8.37. The number of ether oxygens (including phenoxy) is 1. The Morgan fingerprint density at radius 1 is 0.964 bits per heavy atom. The predicted octanol–water partition coefficient (Wildman–Crippen LogP) is 4.56. The third-order valence-electron chi connectivity index (χ3n) is 6.47. The van der Waals surface area contributed by atoms with Crippen LogP contribution in [0, 0.1) is 11.8 Å². The first-order valence-corrected chi connectivity index (χ1v) is 10.8. The summed E-state index contributed by atoms with van der Waals surface area (Å²) in [5.41, 5.74) is 1.50. The molecule has 2 aromatic rings. The first-order chi connectivity index (χ1) is 13.7. The molecular weight excluding hydrogens is 352 g/mol. The molecule has 0 radical (unpaired) electrons. The molecule has 0 amide bonds. The summed E-state index contributed by atoms with van der Waals surface area (Å²) in [5.74, 6) is 1.56. The number of hydrogen-bond donors (Lipinski definition) is 0. The molecule has 28 heavy (non-hydrogen) atoms. The molecule has 1 aromatic heterocycles. The van der Waals surface area contributed by atoms with Crippen molar-refractivity contribution in [3.05, 3.63) is 29.8 Å². The highest BCUT2D eigenvalue weighted by atomic mass is 16.5. The fraction of sp³-hybridized carbons (Fsp3) is 0.636. The molecule has 150 valence electrons. The Morgan fingerprint density at radius 3 is 2.04 bits per heavy atom. The van der Waals surface area contributed by atoms with Crippen LogP contribution in [0.15, 0.2) is 24.3 Å². The Bertz CT molecular complexity index is 756. The van der Waals surface area contributed by atoms with Gasteiger partial charge in [-0.1, -0.05) is 50.7 Å². The minimum atomic E-state index is -0.191.